The summed E-state index contributed by atoms with van der Waals surface area (Å²) < 4.78 is 0. The largest absolute Gasteiger partial charge is 0.311 e. The molecule has 2 aliphatic carbocycles. The fourth-order valence-electron chi connectivity index (χ4n) is 4.16. The van der Waals surface area contributed by atoms with Crippen LogP contribution in [0.15, 0.2) is 0 Å². The molecule has 0 bridgehead atoms. The third-order valence-electron chi connectivity index (χ3n) is 5.48. The van der Waals surface area contributed by atoms with Gasteiger partial charge < -0.3 is 5.32 Å². The van der Waals surface area contributed by atoms with E-state index in [0.29, 0.717) is 0 Å². The minimum absolute atomic E-state index is 0.791. The van der Waals surface area contributed by atoms with E-state index in [-0.39, 0.29) is 0 Å². The Morgan fingerprint density at radius 1 is 1.00 bits per heavy atom. The molecule has 0 aromatic carbocycles. The van der Waals surface area contributed by atoms with E-state index in [1.807, 2.05) is 0 Å². The van der Waals surface area contributed by atoms with Crippen molar-refractivity contribution < 1.29 is 0 Å². The molecule has 0 aromatic heterocycles. The van der Waals surface area contributed by atoms with Gasteiger partial charge in [-0.2, -0.15) is 11.8 Å². The molecule has 0 heterocycles. The van der Waals surface area contributed by atoms with Gasteiger partial charge in [0.05, 0.1) is 0 Å². The Morgan fingerprint density at radius 3 is 2.26 bits per heavy atom. The maximum Gasteiger partial charge on any atom is 0.0103 e. The molecule has 0 radical (unpaired) electrons. The highest BCUT2D eigenvalue weighted by atomic mass is 32.2. The zero-order chi connectivity index (χ0) is 13.8. The molecule has 1 N–H and O–H groups in total. The standard InChI is InChI=1S/C17H33NS/c1-12(2)16-10-5-13(3)11-17(16)18-14-6-8-15(19-4)9-7-14/h12-18H,5-11H2,1-4H3. The zero-order valence-electron chi connectivity index (χ0n) is 13.3. The fraction of sp³-hybridized carbons (Fsp3) is 1.00. The number of nitrogens with one attached hydrogen (secondary N) is 1. The van der Waals surface area contributed by atoms with Crippen molar-refractivity contribution in [1.82, 2.24) is 5.32 Å². The highest BCUT2D eigenvalue weighted by molar-refractivity contribution is 7.99. The van der Waals surface area contributed by atoms with E-state index in [2.05, 4.69) is 44.1 Å². The van der Waals surface area contributed by atoms with Crippen molar-refractivity contribution >= 4 is 11.8 Å². The molecule has 2 aliphatic rings. The first-order valence-electron chi connectivity index (χ1n) is 8.39. The van der Waals surface area contributed by atoms with E-state index in [0.717, 1.165) is 35.1 Å². The smallest absolute Gasteiger partial charge is 0.0103 e. The lowest BCUT2D eigenvalue weighted by Crippen LogP contribution is -2.48. The maximum atomic E-state index is 4.06. The van der Waals surface area contributed by atoms with Crippen LogP contribution in [-0.2, 0) is 0 Å². The molecule has 1 nitrogen and oxygen atoms in total. The number of hydrogen-bond donors (Lipinski definition) is 1. The molecule has 2 saturated carbocycles. The van der Waals surface area contributed by atoms with E-state index in [1.54, 1.807) is 0 Å². The topological polar surface area (TPSA) is 12.0 Å². The van der Waals surface area contributed by atoms with Gasteiger partial charge in [0.15, 0.2) is 0 Å². The summed E-state index contributed by atoms with van der Waals surface area (Å²) in [5, 5.41) is 4.99. The predicted molar refractivity (Wildman–Crippen MR) is 87.8 cm³/mol. The average Bonchev–Trinajstić information content (AvgIpc) is 2.39. The molecule has 0 aliphatic heterocycles. The fourth-order valence-corrected chi connectivity index (χ4v) is 4.91. The Labute approximate surface area is 124 Å². The monoisotopic (exact) mass is 283 g/mol. The van der Waals surface area contributed by atoms with Gasteiger partial charge in [0.1, 0.15) is 0 Å². The molecular formula is C17H33NS. The Kier molecular flexibility index (Phi) is 6.08. The predicted octanol–water partition coefficient (Wildman–Crippen LogP) is 4.71. The minimum atomic E-state index is 0.791. The molecule has 19 heavy (non-hydrogen) atoms. The van der Waals surface area contributed by atoms with Crippen LogP contribution in [0.5, 0.6) is 0 Å². The van der Waals surface area contributed by atoms with Gasteiger partial charge in [-0.05, 0) is 62.5 Å². The van der Waals surface area contributed by atoms with Crippen molar-refractivity contribution in [3.05, 3.63) is 0 Å². The summed E-state index contributed by atoms with van der Waals surface area (Å²) in [5.41, 5.74) is 0. The minimum Gasteiger partial charge on any atom is -0.311 e. The molecule has 0 amide bonds. The third kappa shape index (κ3) is 4.39. The van der Waals surface area contributed by atoms with Crippen molar-refractivity contribution in [3.8, 4) is 0 Å². The van der Waals surface area contributed by atoms with E-state index in [1.165, 1.54) is 44.9 Å². The van der Waals surface area contributed by atoms with Gasteiger partial charge in [-0.1, -0.05) is 27.2 Å². The molecule has 0 spiro atoms. The van der Waals surface area contributed by atoms with Gasteiger partial charge in [-0.3, -0.25) is 0 Å². The summed E-state index contributed by atoms with van der Waals surface area (Å²) in [7, 11) is 0. The van der Waals surface area contributed by atoms with E-state index in [9.17, 15) is 0 Å². The van der Waals surface area contributed by atoms with E-state index >= 15 is 0 Å². The number of rotatable bonds is 4. The van der Waals surface area contributed by atoms with Crippen molar-refractivity contribution in [3.63, 3.8) is 0 Å². The Bertz CT molecular complexity index is 258. The number of thioether (sulfide) groups is 1. The number of hydrogen-bond acceptors (Lipinski definition) is 2. The molecule has 0 aromatic rings. The maximum absolute atomic E-state index is 4.06. The van der Waals surface area contributed by atoms with Crippen LogP contribution in [0.3, 0.4) is 0 Å². The van der Waals surface area contributed by atoms with Crippen LogP contribution in [0, 0.1) is 17.8 Å². The summed E-state index contributed by atoms with van der Waals surface area (Å²) >= 11 is 2.07. The van der Waals surface area contributed by atoms with Crippen molar-refractivity contribution in [2.75, 3.05) is 6.26 Å². The summed E-state index contributed by atoms with van der Waals surface area (Å²) in [6.07, 6.45) is 12.2. The van der Waals surface area contributed by atoms with Gasteiger partial charge in [0.2, 0.25) is 0 Å². The van der Waals surface area contributed by atoms with Gasteiger partial charge in [-0.15, -0.1) is 0 Å². The quantitative estimate of drug-likeness (QED) is 0.802. The van der Waals surface area contributed by atoms with Crippen LogP contribution in [0.2, 0.25) is 0 Å². The highest BCUT2D eigenvalue weighted by Crippen LogP contribution is 2.35. The second-order valence-electron chi connectivity index (χ2n) is 7.31. The zero-order valence-corrected chi connectivity index (χ0v) is 14.1. The Morgan fingerprint density at radius 2 is 1.68 bits per heavy atom. The summed E-state index contributed by atoms with van der Waals surface area (Å²) in [4.78, 5) is 0. The van der Waals surface area contributed by atoms with Crippen LogP contribution in [0.4, 0.5) is 0 Å². The molecule has 0 saturated heterocycles. The van der Waals surface area contributed by atoms with Gasteiger partial charge in [-0.25, -0.2) is 0 Å². The Hall–Kier alpha value is 0.310. The molecule has 2 heteroatoms. The van der Waals surface area contributed by atoms with Crippen molar-refractivity contribution in [2.24, 2.45) is 17.8 Å². The van der Waals surface area contributed by atoms with Crippen molar-refractivity contribution in [1.29, 1.82) is 0 Å². The summed E-state index contributed by atoms with van der Waals surface area (Å²) in [6.45, 7) is 7.27. The summed E-state index contributed by atoms with van der Waals surface area (Å²) in [6, 6.07) is 1.60. The normalized spacial score (nSPS) is 40.6. The van der Waals surface area contributed by atoms with Crippen LogP contribution < -0.4 is 5.32 Å². The first-order chi connectivity index (χ1) is 9.10. The van der Waals surface area contributed by atoms with E-state index in [4.69, 9.17) is 0 Å². The first-order valence-corrected chi connectivity index (χ1v) is 9.67. The molecule has 3 unspecified atom stereocenters. The Balaban J connectivity index is 1.85. The molecule has 2 fully saturated rings. The molecule has 3 atom stereocenters. The molecule has 112 valence electrons. The third-order valence-corrected chi connectivity index (χ3v) is 6.62. The second kappa shape index (κ2) is 7.36. The average molecular weight is 284 g/mol. The lowest BCUT2D eigenvalue weighted by atomic mass is 9.73. The van der Waals surface area contributed by atoms with Crippen molar-refractivity contribution in [2.45, 2.75) is 83.1 Å². The second-order valence-corrected chi connectivity index (χ2v) is 8.45. The van der Waals surface area contributed by atoms with Crippen LogP contribution >= 0.6 is 11.8 Å². The van der Waals surface area contributed by atoms with Crippen LogP contribution in [0.25, 0.3) is 0 Å². The van der Waals surface area contributed by atoms with Crippen LogP contribution in [-0.4, -0.2) is 23.6 Å². The van der Waals surface area contributed by atoms with Crippen LogP contribution in [0.1, 0.15) is 65.7 Å². The SMILES string of the molecule is CSC1CCC(NC2CC(C)CCC2C(C)C)CC1. The van der Waals surface area contributed by atoms with Gasteiger partial charge >= 0.3 is 0 Å². The molecular weight excluding hydrogens is 250 g/mol. The summed E-state index contributed by atoms with van der Waals surface area (Å²) in [5.74, 6) is 2.68. The first kappa shape index (κ1) is 15.7. The lowest BCUT2D eigenvalue weighted by molar-refractivity contribution is 0.151. The van der Waals surface area contributed by atoms with Gasteiger partial charge in [0.25, 0.3) is 0 Å². The van der Waals surface area contributed by atoms with E-state index < -0.39 is 0 Å². The lowest BCUT2D eigenvalue weighted by Gasteiger charge is -2.41. The van der Waals surface area contributed by atoms with Gasteiger partial charge in [0, 0.05) is 17.3 Å². The highest BCUT2D eigenvalue weighted by Gasteiger charge is 2.32. The molecule has 2 rings (SSSR count).